The highest BCUT2D eigenvalue weighted by Crippen LogP contribution is 2.20. The third kappa shape index (κ3) is 2.03. The van der Waals surface area contributed by atoms with Gasteiger partial charge in [-0.15, -0.1) is 0 Å². The molecule has 0 radical (unpaired) electrons. The highest BCUT2D eigenvalue weighted by atomic mass is 19.1. The second-order valence-electron chi connectivity index (χ2n) is 3.28. The number of pyridine rings is 1. The molecule has 0 saturated carbocycles. The number of hydrogen-bond donors (Lipinski definition) is 3. The summed E-state index contributed by atoms with van der Waals surface area (Å²) in [6.07, 6.45) is 0. The van der Waals surface area contributed by atoms with Gasteiger partial charge in [-0.2, -0.15) is 0 Å². The summed E-state index contributed by atoms with van der Waals surface area (Å²) >= 11 is 0. The van der Waals surface area contributed by atoms with Gasteiger partial charge in [0.1, 0.15) is 17.5 Å². The van der Waals surface area contributed by atoms with Gasteiger partial charge in [-0.25, -0.2) is 9.37 Å². The minimum atomic E-state index is -0.348. The van der Waals surface area contributed by atoms with Gasteiger partial charge < -0.3 is 16.8 Å². The lowest BCUT2D eigenvalue weighted by molar-refractivity contribution is 0.632. The predicted octanol–water partition coefficient (Wildman–Crippen LogP) is 2.13. The molecule has 0 saturated heterocycles. The fourth-order valence-electron chi connectivity index (χ4n) is 1.26. The number of aromatic nitrogens is 1. The van der Waals surface area contributed by atoms with Crippen LogP contribution in [-0.2, 0) is 0 Å². The van der Waals surface area contributed by atoms with Crippen molar-refractivity contribution in [3.05, 3.63) is 42.2 Å². The van der Waals surface area contributed by atoms with E-state index in [-0.39, 0.29) is 11.6 Å². The van der Waals surface area contributed by atoms with Gasteiger partial charge in [-0.1, -0.05) is 12.1 Å². The minimum absolute atomic E-state index is 0.223. The number of rotatable bonds is 2. The van der Waals surface area contributed by atoms with Crippen LogP contribution in [-0.4, -0.2) is 4.98 Å². The van der Waals surface area contributed by atoms with Crippen LogP contribution in [0.3, 0.4) is 0 Å². The molecule has 4 nitrogen and oxygen atoms in total. The molecule has 2 rings (SSSR count). The molecule has 1 aromatic heterocycles. The van der Waals surface area contributed by atoms with Gasteiger partial charge in [-0.05, 0) is 24.3 Å². The second kappa shape index (κ2) is 4.06. The van der Waals surface area contributed by atoms with Gasteiger partial charge >= 0.3 is 0 Å². The van der Waals surface area contributed by atoms with E-state index in [0.717, 1.165) is 0 Å². The van der Waals surface area contributed by atoms with Crippen molar-refractivity contribution in [1.29, 1.82) is 0 Å². The number of nitrogens with one attached hydrogen (secondary N) is 1. The molecule has 16 heavy (non-hydrogen) atoms. The monoisotopic (exact) mass is 218 g/mol. The largest absolute Gasteiger partial charge is 0.396 e. The SMILES string of the molecule is Nc1ccc(Nc2ccccc2F)nc1N. The van der Waals surface area contributed by atoms with E-state index in [2.05, 4.69) is 10.3 Å². The van der Waals surface area contributed by atoms with Gasteiger partial charge in [0.05, 0.1) is 11.4 Å². The molecule has 0 aliphatic rings. The number of anilines is 4. The van der Waals surface area contributed by atoms with Crippen molar-refractivity contribution >= 4 is 23.0 Å². The second-order valence-corrected chi connectivity index (χ2v) is 3.28. The zero-order chi connectivity index (χ0) is 11.5. The summed E-state index contributed by atoms with van der Waals surface area (Å²) in [6, 6.07) is 9.58. The van der Waals surface area contributed by atoms with Crippen LogP contribution < -0.4 is 16.8 Å². The van der Waals surface area contributed by atoms with Crippen LogP contribution in [0.2, 0.25) is 0 Å². The van der Waals surface area contributed by atoms with E-state index < -0.39 is 0 Å². The number of nitrogen functional groups attached to an aromatic ring is 2. The first-order valence-corrected chi connectivity index (χ1v) is 4.70. The number of nitrogens with two attached hydrogens (primary N) is 2. The molecular formula is C11H11FN4. The Labute approximate surface area is 92.1 Å². The molecule has 0 aliphatic heterocycles. The van der Waals surface area contributed by atoms with E-state index in [9.17, 15) is 4.39 Å². The van der Waals surface area contributed by atoms with Crippen LogP contribution in [0.25, 0.3) is 0 Å². The predicted molar refractivity (Wildman–Crippen MR) is 62.7 cm³/mol. The molecule has 0 aliphatic carbocycles. The van der Waals surface area contributed by atoms with Crippen LogP contribution in [0, 0.1) is 5.82 Å². The molecule has 0 unspecified atom stereocenters. The Kier molecular flexibility index (Phi) is 2.59. The van der Waals surface area contributed by atoms with Crippen molar-refractivity contribution in [1.82, 2.24) is 4.98 Å². The Morgan fingerprint density at radius 2 is 1.81 bits per heavy atom. The summed E-state index contributed by atoms with van der Waals surface area (Å²) in [6.45, 7) is 0. The van der Waals surface area contributed by atoms with Crippen LogP contribution in [0.1, 0.15) is 0 Å². The smallest absolute Gasteiger partial charge is 0.149 e. The number of benzene rings is 1. The van der Waals surface area contributed by atoms with E-state index in [1.54, 1.807) is 30.3 Å². The van der Waals surface area contributed by atoms with E-state index in [4.69, 9.17) is 11.5 Å². The normalized spacial score (nSPS) is 10.1. The maximum atomic E-state index is 13.3. The summed E-state index contributed by atoms with van der Waals surface area (Å²) in [5.41, 5.74) is 11.8. The lowest BCUT2D eigenvalue weighted by Crippen LogP contribution is -2.01. The quantitative estimate of drug-likeness (QED) is 0.721. The first-order chi connectivity index (χ1) is 7.66. The number of para-hydroxylation sites is 1. The molecule has 0 amide bonds. The standard InChI is InChI=1S/C11H11FN4/c12-7-3-1-2-4-9(7)15-10-6-5-8(13)11(14)16-10/h1-6H,13H2,(H3,14,15,16). The average molecular weight is 218 g/mol. The molecule has 1 heterocycles. The maximum Gasteiger partial charge on any atom is 0.149 e. The van der Waals surface area contributed by atoms with Crippen molar-refractivity contribution in [2.45, 2.75) is 0 Å². The Hall–Kier alpha value is -2.30. The first-order valence-electron chi connectivity index (χ1n) is 4.70. The molecule has 82 valence electrons. The summed E-state index contributed by atoms with van der Waals surface area (Å²) in [5.74, 6) is 0.331. The Morgan fingerprint density at radius 3 is 2.50 bits per heavy atom. The zero-order valence-electron chi connectivity index (χ0n) is 8.44. The fourth-order valence-corrected chi connectivity index (χ4v) is 1.26. The summed E-state index contributed by atoms with van der Waals surface area (Å²) in [4.78, 5) is 3.98. The van der Waals surface area contributed by atoms with Gasteiger partial charge in [0, 0.05) is 0 Å². The molecule has 5 heteroatoms. The van der Waals surface area contributed by atoms with Crippen LogP contribution in [0.5, 0.6) is 0 Å². The number of halogens is 1. The Morgan fingerprint density at radius 1 is 1.06 bits per heavy atom. The minimum Gasteiger partial charge on any atom is -0.396 e. The van der Waals surface area contributed by atoms with Crippen molar-refractivity contribution in [2.75, 3.05) is 16.8 Å². The summed E-state index contributed by atoms with van der Waals surface area (Å²) in [7, 11) is 0. The molecular weight excluding hydrogens is 207 g/mol. The molecule has 5 N–H and O–H groups in total. The number of hydrogen-bond acceptors (Lipinski definition) is 4. The highest BCUT2D eigenvalue weighted by molar-refractivity contribution is 5.65. The molecule has 0 atom stereocenters. The molecule has 0 bridgehead atoms. The third-order valence-corrected chi connectivity index (χ3v) is 2.09. The summed E-state index contributed by atoms with van der Waals surface area (Å²) in [5, 5.41) is 2.82. The van der Waals surface area contributed by atoms with Gasteiger partial charge in [0.2, 0.25) is 0 Å². The first kappa shape index (κ1) is 10.2. The van der Waals surface area contributed by atoms with Crippen molar-refractivity contribution < 1.29 is 4.39 Å². The highest BCUT2D eigenvalue weighted by Gasteiger charge is 2.03. The molecule has 2 aromatic rings. The lowest BCUT2D eigenvalue weighted by atomic mass is 10.3. The van der Waals surface area contributed by atoms with Crippen LogP contribution in [0.4, 0.5) is 27.4 Å². The van der Waals surface area contributed by atoms with Crippen LogP contribution >= 0.6 is 0 Å². The topological polar surface area (TPSA) is 77.0 Å². The molecule has 1 aromatic carbocycles. The van der Waals surface area contributed by atoms with E-state index in [1.807, 2.05) is 0 Å². The molecule has 0 spiro atoms. The van der Waals surface area contributed by atoms with E-state index in [0.29, 0.717) is 17.2 Å². The zero-order valence-corrected chi connectivity index (χ0v) is 8.44. The van der Waals surface area contributed by atoms with E-state index in [1.165, 1.54) is 6.07 Å². The lowest BCUT2D eigenvalue weighted by Gasteiger charge is -2.07. The van der Waals surface area contributed by atoms with Gasteiger partial charge in [-0.3, -0.25) is 0 Å². The average Bonchev–Trinajstić information content (AvgIpc) is 2.27. The number of nitrogens with zero attached hydrogens (tertiary/aromatic N) is 1. The Balaban J connectivity index is 2.28. The van der Waals surface area contributed by atoms with Crippen LogP contribution in [0.15, 0.2) is 36.4 Å². The molecule has 0 fully saturated rings. The van der Waals surface area contributed by atoms with E-state index >= 15 is 0 Å². The van der Waals surface area contributed by atoms with Crippen molar-refractivity contribution in [3.63, 3.8) is 0 Å². The van der Waals surface area contributed by atoms with Crippen molar-refractivity contribution in [2.24, 2.45) is 0 Å². The van der Waals surface area contributed by atoms with Gasteiger partial charge in [0.15, 0.2) is 0 Å². The maximum absolute atomic E-state index is 13.3. The van der Waals surface area contributed by atoms with Gasteiger partial charge in [0.25, 0.3) is 0 Å². The third-order valence-electron chi connectivity index (χ3n) is 2.09. The Bertz CT molecular complexity index is 513. The fraction of sp³-hybridized carbons (Fsp3) is 0. The summed E-state index contributed by atoms with van der Waals surface area (Å²) < 4.78 is 13.3. The van der Waals surface area contributed by atoms with Crippen molar-refractivity contribution in [3.8, 4) is 0 Å².